The highest BCUT2D eigenvalue weighted by Gasteiger charge is 2.38. The summed E-state index contributed by atoms with van der Waals surface area (Å²) >= 11 is 6.00. The Kier molecular flexibility index (Phi) is 4.92. The molecule has 2 heterocycles. The van der Waals surface area contributed by atoms with Gasteiger partial charge in [0, 0.05) is 26.1 Å². The smallest absolute Gasteiger partial charge is 0.282 e. The van der Waals surface area contributed by atoms with Crippen molar-refractivity contribution >= 4 is 23.2 Å². The molecule has 1 aromatic heterocycles. The third kappa shape index (κ3) is 3.32. The summed E-state index contributed by atoms with van der Waals surface area (Å²) in [5, 5.41) is 3.04. The van der Waals surface area contributed by atoms with Crippen molar-refractivity contribution in [3.8, 4) is 0 Å². The number of carbonyl (C=O) groups excluding carboxylic acids is 1. The molecule has 1 aromatic carbocycles. The number of anilines is 1. The third-order valence-electron chi connectivity index (χ3n) is 4.89. The second kappa shape index (κ2) is 6.95. The monoisotopic (exact) mass is 350 g/mol. The second-order valence-electron chi connectivity index (χ2n) is 6.40. The zero-order chi connectivity index (χ0) is 17.3. The average Bonchev–Trinajstić information content (AvgIpc) is 3.17. The molecule has 128 valence electrons. The topological polar surface area (TPSA) is 38.5 Å². The molecular formula is C18H22ClFN3O+. The van der Waals surface area contributed by atoms with E-state index in [2.05, 4.69) is 16.0 Å². The number of likely N-dealkylation sites (tertiary alicyclic amines) is 1. The first kappa shape index (κ1) is 17.0. The van der Waals surface area contributed by atoms with Crippen LogP contribution in [0.25, 0.3) is 0 Å². The van der Waals surface area contributed by atoms with Gasteiger partial charge >= 0.3 is 0 Å². The normalized spacial score (nSPS) is 21.7. The van der Waals surface area contributed by atoms with E-state index in [0.29, 0.717) is 11.7 Å². The predicted molar refractivity (Wildman–Crippen MR) is 92.7 cm³/mol. The summed E-state index contributed by atoms with van der Waals surface area (Å²) in [5.41, 5.74) is 1.70. The van der Waals surface area contributed by atoms with E-state index in [9.17, 15) is 9.18 Å². The lowest BCUT2D eigenvalue weighted by Crippen LogP contribution is -3.15. The molecule has 1 fully saturated rings. The molecule has 1 unspecified atom stereocenters. The number of aromatic nitrogens is 1. The minimum atomic E-state index is -0.417. The van der Waals surface area contributed by atoms with Gasteiger partial charge in [0.15, 0.2) is 6.04 Å². The summed E-state index contributed by atoms with van der Waals surface area (Å²) in [7, 11) is 2.04. The molecule has 0 bridgehead atoms. The van der Waals surface area contributed by atoms with E-state index < -0.39 is 5.82 Å². The van der Waals surface area contributed by atoms with E-state index in [4.69, 9.17) is 11.6 Å². The maximum absolute atomic E-state index is 13.1. The van der Waals surface area contributed by atoms with Crippen molar-refractivity contribution in [3.63, 3.8) is 0 Å². The van der Waals surface area contributed by atoms with Gasteiger partial charge in [-0.25, -0.2) is 4.39 Å². The Morgan fingerprint density at radius 3 is 2.92 bits per heavy atom. The van der Waals surface area contributed by atoms with E-state index in [1.165, 1.54) is 28.8 Å². The van der Waals surface area contributed by atoms with Crippen LogP contribution in [0.15, 0.2) is 36.5 Å². The minimum absolute atomic E-state index is 0.0976. The van der Waals surface area contributed by atoms with Gasteiger partial charge in [-0.15, -0.1) is 0 Å². The number of carbonyl (C=O) groups is 1. The van der Waals surface area contributed by atoms with E-state index in [1.54, 1.807) is 0 Å². The molecule has 1 aliphatic heterocycles. The van der Waals surface area contributed by atoms with Crippen molar-refractivity contribution in [2.75, 3.05) is 11.9 Å². The zero-order valence-electron chi connectivity index (χ0n) is 13.9. The summed E-state index contributed by atoms with van der Waals surface area (Å²) in [6, 6.07) is 8.25. The Bertz CT molecular complexity index is 746. The molecule has 0 radical (unpaired) electrons. The zero-order valence-corrected chi connectivity index (χ0v) is 14.6. The SMILES string of the molecule is C[C@@H](C(=O)Nc1ccc(F)cc1Cl)[NH+]1CCC[C@@H]1c1cccn1C. The van der Waals surface area contributed by atoms with E-state index in [1.807, 2.05) is 26.2 Å². The fraction of sp³-hybridized carbons (Fsp3) is 0.389. The maximum atomic E-state index is 13.1. The number of nitrogens with one attached hydrogen (secondary N) is 2. The molecule has 1 saturated heterocycles. The number of hydrogen-bond donors (Lipinski definition) is 2. The van der Waals surface area contributed by atoms with Crippen LogP contribution < -0.4 is 10.2 Å². The molecule has 4 nitrogen and oxygen atoms in total. The van der Waals surface area contributed by atoms with Crippen LogP contribution in [0.3, 0.4) is 0 Å². The molecular weight excluding hydrogens is 329 g/mol. The van der Waals surface area contributed by atoms with Crippen LogP contribution in [-0.2, 0) is 11.8 Å². The summed E-state index contributed by atoms with van der Waals surface area (Å²) in [4.78, 5) is 13.9. The van der Waals surface area contributed by atoms with Crippen LogP contribution in [0.1, 0.15) is 31.5 Å². The Morgan fingerprint density at radius 1 is 1.46 bits per heavy atom. The molecule has 3 rings (SSSR count). The van der Waals surface area contributed by atoms with Crippen molar-refractivity contribution < 1.29 is 14.1 Å². The Balaban J connectivity index is 1.74. The molecule has 0 aliphatic carbocycles. The number of halogens is 2. The van der Waals surface area contributed by atoms with Gasteiger partial charge in [-0.2, -0.15) is 0 Å². The van der Waals surface area contributed by atoms with Gasteiger partial charge in [0.05, 0.1) is 22.9 Å². The number of rotatable bonds is 4. The summed E-state index contributed by atoms with van der Waals surface area (Å²) in [6.07, 6.45) is 4.20. The number of quaternary nitrogens is 1. The molecule has 2 aromatic rings. The first-order valence-electron chi connectivity index (χ1n) is 8.20. The number of benzene rings is 1. The number of aryl methyl sites for hydroxylation is 1. The lowest BCUT2D eigenvalue weighted by Gasteiger charge is -2.27. The van der Waals surface area contributed by atoms with Crippen LogP contribution in [0, 0.1) is 5.82 Å². The fourth-order valence-electron chi connectivity index (χ4n) is 3.56. The quantitative estimate of drug-likeness (QED) is 0.874. The Labute approximate surface area is 146 Å². The average molecular weight is 351 g/mol. The van der Waals surface area contributed by atoms with Crippen molar-refractivity contribution in [2.24, 2.45) is 7.05 Å². The molecule has 24 heavy (non-hydrogen) atoms. The van der Waals surface area contributed by atoms with Gasteiger partial charge in [-0.3, -0.25) is 4.79 Å². The highest BCUT2D eigenvalue weighted by Crippen LogP contribution is 2.23. The largest absolute Gasteiger partial charge is 0.350 e. The van der Waals surface area contributed by atoms with Crippen LogP contribution in [0.4, 0.5) is 10.1 Å². The van der Waals surface area contributed by atoms with Gasteiger partial charge in [0.2, 0.25) is 0 Å². The number of hydrogen-bond acceptors (Lipinski definition) is 1. The van der Waals surface area contributed by atoms with Gasteiger partial charge in [-0.05, 0) is 37.3 Å². The first-order chi connectivity index (χ1) is 11.5. The lowest BCUT2D eigenvalue weighted by atomic mass is 10.1. The van der Waals surface area contributed by atoms with E-state index >= 15 is 0 Å². The molecule has 6 heteroatoms. The molecule has 1 aliphatic rings. The van der Waals surface area contributed by atoms with Gasteiger partial charge in [0.25, 0.3) is 5.91 Å². The lowest BCUT2D eigenvalue weighted by molar-refractivity contribution is -0.932. The van der Waals surface area contributed by atoms with Crippen LogP contribution in [0.5, 0.6) is 0 Å². The van der Waals surface area contributed by atoms with Crippen LogP contribution >= 0.6 is 11.6 Å². The third-order valence-corrected chi connectivity index (χ3v) is 5.20. The predicted octanol–water partition coefficient (Wildman–Crippen LogP) is 2.56. The van der Waals surface area contributed by atoms with Crippen molar-refractivity contribution in [3.05, 3.63) is 53.1 Å². The van der Waals surface area contributed by atoms with Crippen molar-refractivity contribution in [2.45, 2.75) is 31.8 Å². The number of nitrogens with zero attached hydrogens (tertiary/aromatic N) is 1. The summed E-state index contributed by atoms with van der Waals surface area (Å²) < 4.78 is 15.3. The van der Waals surface area contributed by atoms with E-state index in [-0.39, 0.29) is 17.0 Å². The van der Waals surface area contributed by atoms with E-state index in [0.717, 1.165) is 19.4 Å². The highest BCUT2D eigenvalue weighted by atomic mass is 35.5. The van der Waals surface area contributed by atoms with Crippen LogP contribution in [-0.4, -0.2) is 23.1 Å². The standard InChI is InChI=1S/C18H21ClFN3O/c1-12(18(24)21-15-8-7-13(20)11-14(15)19)23-10-4-6-17(23)16-5-3-9-22(16)2/h3,5,7-9,11-12,17H,4,6,10H2,1-2H3,(H,21,24)/p+1/t12-,17+/m0/s1. The molecule has 1 amide bonds. The molecule has 0 spiro atoms. The molecule has 0 saturated carbocycles. The Morgan fingerprint density at radius 2 is 2.25 bits per heavy atom. The highest BCUT2D eigenvalue weighted by molar-refractivity contribution is 6.33. The van der Waals surface area contributed by atoms with Crippen LogP contribution in [0.2, 0.25) is 5.02 Å². The van der Waals surface area contributed by atoms with Gasteiger partial charge in [-0.1, -0.05) is 11.6 Å². The molecule has 2 N–H and O–H groups in total. The minimum Gasteiger partial charge on any atom is -0.350 e. The number of amides is 1. The van der Waals surface area contributed by atoms with Gasteiger partial charge in [0.1, 0.15) is 11.9 Å². The molecule has 3 atom stereocenters. The maximum Gasteiger partial charge on any atom is 0.282 e. The summed E-state index contributed by atoms with van der Waals surface area (Å²) in [5.74, 6) is -0.514. The first-order valence-corrected chi connectivity index (χ1v) is 8.58. The summed E-state index contributed by atoms with van der Waals surface area (Å²) in [6.45, 7) is 2.89. The fourth-order valence-corrected chi connectivity index (χ4v) is 3.78. The Hall–Kier alpha value is -1.85. The second-order valence-corrected chi connectivity index (χ2v) is 6.81. The van der Waals surface area contributed by atoms with Crippen molar-refractivity contribution in [1.29, 1.82) is 0 Å². The van der Waals surface area contributed by atoms with Crippen molar-refractivity contribution in [1.82, 2.24) is 4.57 Å². The van der Waals surface area contributed by atoms with Gasteiger partial charge < -0.3 is 14.8 Å².